The number of nitrogens with zero attached hydrogens (tertiary/aromatic N) is 1. The molecule has 0 heterocycles. The second kappa shape index (κ2) is 8.56. The molecule has 0 unspecified atom stereocenters. The number of nitrogens with one attached hydrogen (secondary N) is 1. The Kier molecular flexibility index (Phi) is 6.20. The lowest BCUT2D eigenvalue weighted by molar-refractivity contribution is -0.385. The van der Waals surface area contributed by atoms with E-state index in [1.54, 1.807) is 24.3 Å². The standard InChI is InChI=1S/C17H15FN2O6/c1-25-17(22)12-4-2-11(3-5-12)9-19-16(21)10-26-15-8-13(18)6-7-14(15)20(23)24/h2-8H,9-10H2,1H3,(H,19,21). The van der Waals surface area contributed by atoms with Crippen molar-refractivity contribution in [2.45, 2.75) is 6.54 Å². The highest BCUT2D eigenvalue weighted by molar-refractivity contribution is 5.89. The molecule has 0 fully saturated rings. The molecule has 2 aromatic rings. The summed E-state index contributed by atoms with van der Waals surface area (Å²) >= 11 is 0. The van der Waals surface area contributed by atoms with Crippen molar-refractivity contribution in [3.63, 3.8) is 0 Å². The normalized spacial score (nSPS) is 10.1. The van der Waals surface area contributed by atoms with E-state index >= 15 is 0 Å². The van der Waals surface area contributed by atoms with E-state index in [1.807, 2.05) is 0 Å². The van der Waals surface area contributed by atoms with Gasteiger partial charge in [0.25, 0.3) is 5.91 Å². The highest BCUT2D eigenvalue weighted by atomic mass is 19.1. The number of nitro benzene ring substituents is 1. The van der Waals surface area contributed by atoms with Gasteiger partial charge in [-0.3, -0.25) is 14.9 Å². The van der Waals surface area contributed by atoms with Crippen molar-refractivity contribution in [3.8, 4) is 5.75 Å². The molecule has 8 nitrogen and oxygen atoms in total. The zero-order valence-electron chi connectivity index (χ0n) is 13.7. The van der Waals surface area contributed by atoms with Crippen LogP contribution in [0.5, 0.6) is 5.75 Å². The van der Waals surface area contributed by atoms with Gasteiger partial charge in [0.15, 0.2) is 6.61 Å². The van der Waals surface area contributed by atoms with Crippen molar-refractivity contribution in [3.05, 3.63) is 69.5 Å². The van der Waals surface area contributed by atoms with Crippen LogP contribution >= 0.6 is 0 Å². The summed E-state index contributed by atoms with van der Waals surface area (Å²) in [5.74, 6) is -2.05. The van der Waals surface area contributed by atoms with Crippen LogP contribution in [0.3, 0.4) is 0 Å². The predicted octanol–water partition coefficient (Wildman–Crippen LogP) is 2.22. The van der Waals surface area contributed by atoms with Crippen LogP contribution in [0.1, 0.15) is 15.9 Å². The molecular formula is C17H15FN2O6. The fourth-order valence-electron chi connectivity index (χ4n) is 2.03. The third-order valence-corrected chi connectivity index (χ3v) is 3.34. The SMILES string of the molecule is COC(=O)c1ccc(CNC(=O)COc2cc(F)ccc2[N+](=O)[O-])cc1. The van der Waals surface area contributed by atoms with Crippen LogP contribution in [-0.2, 0) is 16.1 Å². The van der Waals surface area contributed by atoms with Crippen LogP contribution in [0.4, 0.5) is 10.1 Å². The Morgan fingerprint density at radius 3 is 2.50 bits per heavy atom. The minimum Gasteiger partial charge on any atom is -0.477 e. The molecule has 0 saturated carbocycles. The van der Waals surface area contributed by atoms with Crippen molar-refractivity contribution < 1.29 is 28.4 Å². The fourth-order valence-corrected chi connectivity index (χ4v) is 2.03. The Bertz CT molecular complexity index is 823. The van der Waals surface area contributed by atoms with Crippen LogP contribution in [0.15, 0.2) is 42.5 Å². The first kappa shape index (κ1) is 18.8. The molecule has 0 aromatic heterocycles. The molecule has 2 aromatic carbocycles. The van der Waals surface area contributed by atoms with E-state index in [-0.39, 0.29) is 12.3 Å². The number of hydrogen-bond donors (Lipinski definition) is 1. The molecule has 0 aliphatic rings. The number of carbonyl (C=O) groups excluding carboxylic acids is 2. The molecule has 1 amide bonds. The highest BCUT2D eigenvalue weighted by Gasteiger charge is 2.17. The monoisotopic (exact) mass is 362 g/mol. The van der Waals surface area contributed by atoms with Crippen molar-refractivity contribution in [1.29, 1.82) is 0 Å². The molecular weight excluding hydrogens is 347 g/mol. The molecule has 26 heavy (non-hydrogen) atoms. The van der Waals surface area contributed by atoms with Gasteiger partial charge in [-0.05, 0) is 23.8 Å². The second-order valence-electron chi connectivity index (χ2n) is 5.12. The molecule has 0 spiro atoms. The minimum atomic E-state index is -0.727. The number of ether oxygens (including phenoxy) is 2. The summed E-state index contributed by atoms with van der Waals surface area (Å²) < 4.78 is 22.8. The van der Waals surface area contributed by atoms with E-state index in [1.165, 1.54) is 7.11 Å². The van der Waals surface area contributed by atoms with Gasteiger partial charge >= 0.3 is 11.7 Å². The Labute approximate surface area is 147 Å². The predicted molar refractivity (Wildman–Crippen MR) is 88.2 cm³/mol. The van der Waals surface area contributed by atoms with Crippen LogP contribution < -0.4 is 10.1 Å². The number of nitro groups is 1. The van der Waals surface area contributed by atoms with Gasteiger partial charge in [0, 0.05) is 18.7 Å². The van der Waals surface area contributed by atoms with Crippen LogP contribution in [0.25, 0.3) is 0 Å². The van der Waals surface area contributed by atoms with Crippen molar-refractivity contribution in [2.24, 2.45) is 0 Å². The molecule has 0 radical (unpaired) electrons. The maximum atomic E-state index is 13.2. The molecule has 0 atom stereocenters. The zero-order chi connectivity index (χ0) is 19.1. The summed E-state index contributed by atoms with van der Waals surface area (Å²) in [6.45, 7) is -0.348. The Balaban J connectivity index is 1.89. The average molecular weight is 362 g/mol. The molecule has 2 rings (SSSR count). The van der Waals surface area contributed by atoms with E-state index in [9.17, 15) is 24.1 Å². The maximum absolute atomic E-state index is 13.2. The van der Waals surface area contributed by atoms with Gasteiger partial charge in [-0.25, -0.2) is 9.18 Å². The highest BCUT2D eigenvalue weighted by Crippen LogP contribution is 2.27. The first-order valence-electron chi connectivity index (χ1n) is 7.41. The van der Waals surface area contributed by atoms with Gasteiger partial charge in [0.05, 0.1) is 17.6 Å². The van der Waals surface area contributed by atoms with E-state index in [0.29, 0.717) is 5.56 Å². The lowest BCUT2D eigenvalue weighted by Gasteiger charge is -2.08. The van der Waals surface area contributed by atoms with Crippen LogP contribution in [0.2, 0.25) is 0 Å². The van der Waals surface area contributed by atoms with Gasteiger partial charge in [-0.1, -0.05) is 12.1 Å². The Morgan fingerprint density at radius 1 is 1.19 bits per heavy atom. The number of hydrogen-bond acceptors (Lipinski definition) is 6. The summed E-state index contributed by atoms with van der Waals surface area (Å²) in [6, 6.07) is 9.14. The summed E-state index contributed by atoms with van der Waals surface area (Å²) in [6.07, 6.45) is 0. The number of methoxy groups -OCH3 is 1. The molecule has 9 heteroatoms. The third-order valence-electron chi connectivity index (χ3n) is 3.34. The summed E-state index contributed by atoms with van der Waals surface area (Å²) in [5.41, 5.74) is 0.671. The number of rotatable bonds is 7. The van der Waals surface area contributed by atoms with E-state index < -0.39 is 34.9 Å². The molecule has 0 saturated heterocycles. The number of halogens is 1. The Hall–Kier alpha value is -3.49. The first-order valence-corrected chi connectivity index (χ1v) is 7.41. The topological polar surface area (TPSA) is 108 Å². The number of esters is 1. The largest absolute Gasteiger partial charge is 0.477 e. The molecule has 0 aliphatic carbocycles. The molecule has 136 valence electrons. The molecule has 0 aliphatic heterocycles. The summed E-state index contributed by atoms with van der Waals surface area (Å²) in [7, 11) is 1.28. The van der Waals surface area contributed by atoms with Gasteiger partial charge < -0.3 is 14.8 Å². The first-order chi connectivity index (χ1) is 12.4. The van der Waals surface area contributed by atoms with Gasteiger partial charge in [-0.15, -0.1) is 0 Å². The van der Waals surface area contributed by atoms with Crippen LogP contribution in [-0.4, -0.2) is 30.5 Å². The van der Waals surface area contributed by atoms with Gasteiger partial charge in [-0.2, -0.15) is 0 Å². The molecule has 0 bridgehead atoms. The van der Waals surface area contributed by atoms with E-state index in [2.05, 4.69) is 10.1 Å². The van der Waals surface area contributed by atoms with E-state index in [0.717, 1.165) is 23.8 Å². The fraction of sp³-hybridized carbons (Fsp3) is 0.176. The Morgan fingerprint density at radius 2 is 1.88 bits per heavy atom. The number of carbonyl (C=O) groups is 2. The number of benzene rings is 2. The van der Waals surface area contributed by atoms with Gasteiger partial charge in [0.1, 0.15) is 5.82 Å². The van der Waals surface area contributed by atoms with Gasteiger partial charge in [0.2, 0.25) is 5.75 Å². The zero-order valence-corrected chi connectivity index (χ0v) is 13.7. The lowest BCUT2D eigenvalue weighted by Crippen LogP contribution is -2.28. The average Bonchev–Trinajstić information content (AvgIpc) is 2.64. The number of amides is 1. The smallest absolute Gasteiger partial charge is 0.337 e. The maximum Gasteiger partial charge on any atom is 0.337 e. The van der Waals surface area contributed by atoms with Crippen molar-refractivity contribution in [1.82, 2.24) is 5.32 Å². The summed E-state index contributed by atoms with van der Waals surface area (Å²) in [4.78, 5) is 33.3. The minimum absolute atomic E-state index is 0.162. The second-order valence-corrected chi connectivity index (χ2v) is 5.12. The third kappa shape index (κ3) is 5.00. The molecule has 1 N–H and O–H groups in total. The quantitative estimate of drug-likeness (QED) is 0.460. The van der Waals surface area contributed by atoms with E-state index in [4.69, 9.17) is 4.74 Å². The summed E-state index contributed by atoms with van der Waals surface area (Å²) in [5, 5.41) is 13.4. The van der Waals surface area contributed by atoms with Crippen molar-refractivity contribution in [2.75, 3.05) is 13.7 Å². The lowest BCUT2D eigenvalue weighted by atomic mass is 10.1. The van der Waals surface area contributed by atoms with Crippen molar-refractivity contribution >= 4 is 17.6 Å². The van der Waals surface area contributed by atoms with Crippen LogP contribution in [0, 0.1) is 15.9 Å².